The molecule has 5 nitrogen and oxygen atoms in total. The van der Waals surface area contributed by atoms with Crippen molar-refractivity contribution in [3.8, 4) is 10.6 Å². The Labute approximate surface area is 163 Å². The number of fused-ring (bicyclic) bond motifs is 1. The van der Waals surface area contributed by atoms with E-state index in [1.165, 1.54) is 11.3 Å². The molecule has 0 aliphatic rings. The number of hydrogen-bond donors (Lipinski definition) is 2. The van der Waals surface area contributed by atoms with E-state index < -0.39 is 0 Å². The zero-order chi connectivity index (χ0) is 18.1. The molecule has 0 amide bonds. The van der Waals surface area contributed by atoms with E-state index >= 15 is 0 Å². The summed E-state index contributed by atoms with van der Waals surface area (Å²) in [5.74, 6) is 1.24. The first kappa shape index (κ1) is 17.2. The second kappa shape index (κ2) is 7.17. The summed E-state index contributed by atoms with van der Waals surface area (Å²) in [7, 11) is 0. The topological polar surface area (TPSA) is 70.9 Å². The number of aliphatic hydroxyl groups is 1. The third kappa shape index (κ3) is 3.24. The zero-order valence-electron chi connectivity index (χ0n) is 13.3. The van der Waals surface area contributed by atoms with Gasteiger partial charge in [0.25, 0.3) is 0 Å². The first-order valence-corrected chi connectivity index (χ1v) is 9.25. The average Bonchev–Trinajstić information content (AvgIpc) is 3.06. The molecule has 0 unspecified atom stereocenters. The maximum absolute atomic E-state index is 9.28. The van der Waals surface area contributed by atoms with Crippen LogP contribution < -0.4 is 5.32 Å². The Balaban J connectivity index is 1.79. The number of aliphatic hydroxyl groups excluding tert-OH is 1. The van der Waals surface area contributed by atoms with Gasteiger partial charge in [-0.05, 0) is 35.9 Å². The Hall–Kier alpha value is -2.25. The van der Waals surface area contributed by atoms with Crippen LogP contribution in [-0.2, 0) is 6.61 Å². The van der Waals surface area contributed by atoms with E-state index in [9.17, 15) is 5.11 Å². The second-order valence-electron chi connectivity index (χ2n) is 5.46. The Morgan fingerprint density at radius 2 is 1.81 bits per heavy atom. The van der Waals surface area contributed by atoms with Gasteiger partial charge in [0, 0.05) is 18.0 Å². The molecule has 4 aromatic rings. The third-order valence-corrected chi connectivity index (χ3v) is 5.46. The van der Waals surface area contributed by atoms with Crippen LogP contribution in [0.15, 0.2) is 48.8 Å². The van der Waals surface area contributed by atoms with Gasteiger partial charge in [-0.15, -0.1) is 11.3 Å². The molecular formula is C18H12Cl2N4OS. The fraction of sp³-hybridized carbons (Fsp3) is 0.0556. The molecule has 0 aliphatic heterocycles. The Bertz CT molecular complexity index is 1080. The quantitative estimate of drug-likeness (QED) is 0.484. The minimum atomic E-state index is -0.0511. The fourth-order valence-corrected chi connectivity index (χ4v) is 4.28. The molecule has 0 bridgehead atoms. The number of halogens is 2. The van der Waals surface area contributed by atoms with Gasteiger partial charge in [-0.3, -0.25) is 0 Å². The van der Waals surface area contributed by atoms with Gasteiger partial charge < -0.3 is 10.4 Å². The lowest BCUT2D eigenvalue weighted by Crippen LogP contribution is -1.97. The first-order valence-electron chi connectivity index (χ1n) is 7.68. The van der Waals surface area contributed by atoms with Gasteiger partial charge in [0.2, 0.25) is 0 Å². The van der Waals surface area contributed by atoms with Gasteiger partial charge in [-0.1, -0.05) is 29.3 Å². The maximum atomic E-state index is 9.28. The second-order valence-corrected chi connectivity index (χ2v) is 7.27. The van der Waals surface area contributed by atoms with Gasteiger partial charge in [0.15, 0.2) is 5.82 Å². The lowest BCUT2D eigenvalue weighted by atomic mass is 10.2. The number of thiazole rings is 1. The lowest BCUT2D eigenvalue weighted by molar-refractivity contribution is 0.282. The van der Waals surface area contributed by atoms with Gasteiger partial charge in [-0.2, -0.15) is 0 Å². The van der Waals surface area contributed by atoms with Crippen LogP contribution in [0.3, 0.4) is 0 Å². The molecule has 0 radical (unpaired) electrons. The van der Waals surface area contributed by atoms with Crippen molar-refractivity contribution in [1.29, 1.82) is 0 Å². The van der Waals surface area contributed by atoms with E-state index in [0.29, 0.717) is 27.2 Å². The maximum Gasteiger partial charge on any atom is 0.151 e. The summed E-state index contributed by atoms with van der Waals surface area (Å²) >= 11 is 14.1. The van der Waals surface area contributed by atoms with Gasteiger partial charge in [-0.25, -0.2) is 15.0 Å². The number of nitrogens with one attached hydrogen (secondary N) is 1. The number of aromatic nitrogens is 3. The van der Waals surface area contributed by atoms with E-state index in [1.807, 2.05) is 6.07 Å². The molecule has 1 aromatic carbocycles. The molecule has 0 saturated heterocycles. The lowest BCUT2D eigenvalue weighted by Gasteiger charge is -2.06. The van der Waals surface area contributed by atoms with Crippen LogP contribution >= 0.6 is 34.5 Å². The van der Waals surface area contributed by atoms with E-state index in [4.69, 9.17) is 23.2 Å². The van der Waals surface area contributed by atoms with Crippen LogP contribution in [0.4, 0.5) is 11.6 Å². The van der Waals surface area contributed by atoms with Crippen molar-refractivity contribution in [3.63, 3.8) is 0 Å². The average molecular weight is 403 g/mol. The molecule has 0 saturated carbocycles. The number of benzene rings is 1. The van der Waals surface area contributed by atoms with Crippen LogP contribution in [0.25, 0.3) is 20.8 Å². The Morgan fingerprint density at radius 3 is 2.58 bits per heavy atom. The van der Waals surface area contributed by atoms with E-state index in [2.05, 4.69) is 20.3 Å². The molecule has 0 fully saturated rings. The number of pyridine rings is 2. The highest BCUT2D eigenvalue weighted by atomic mass is 35.5. The summed E-state index contributed by atoms with van der Waals surface area (Å²) in [5, 5.41) is 14.3. The van der Waals surface area contributed by atoms with Crippen LogP contribution in [0, 0.1) is 0 Å². The van der Waals surface area contributed by atoms with Gasteiger partial charge in [0.05, 0.1) is 26.9 Å². The van der Waals surface area contributed by atoms with Crippen molar-refractivity contribution < 1.29 is 5.11 Å². The molecule has 0 atom stereocenters. The summed E-state index contributed by atoms with van der Waals surface area (Å²) in [5.41, 5.74) is 2.27. The molecule has 3 aromatic heterocycles. The van der Waals surface area contributed by atoms with E-state index in [-0.39, 0.29) is 6.61 Å². The summed E-state index contributed by atoms with van der Waals surface area (Å²) < 4.78 is 0.870. The molecule has 0 spiro atoms. The fourth-order valence-electron chi connectivity index (χ4n) is 2.52. The summed E-state index contributed by atoms with van der Waals surface area (Å²) in [6, 6.07) is 10.7. The van der Waals surface area contributed by atoms with Gasteiger partial charge in [0.1, 0.15) is 10.8 Å². The first-order chi connectivity index (χ1) is 12.7. The highest BCUT2D eigenvalue weighted by Crippen LogP contribution is 2.40. The van der Waals surface area contributed by atoms with Crippen LogP contribution in [0.1, 0.15) is 5.56 Å². The molecule has 130 valence electrons. The highest BCUT2D eigenvalue weighted by molar-refractivity contribution is 7.22. The van der Waals surface area contributed by atoms with Crippen LogP contribution in [0.5, 0.6) is 0 Å². The number of hydrogen-bond acceptors (Lipinski definition) is 6. The standard InChI is InChI=1S/C18H12Cl2N4OS/c19-11-2-1-3-12(20)15(11)18-23-13-5-7-22-17(16(13)26-18)24-14-8-10(9-25)4-6-21-14/h1-8,25H,9H2,(H,21,22,24). The summed E-state index contributed by atoms with van der Waals surface area (Å²) in [6.45, 7) is -0.0511. The molecule has 2 N–H and O–H groups in total. The van der Waals surface area contributed by atoms with Crippen molar-refractivity contribution in [2.75, 3.05) is 5.32 Å². The largest absolute Gasteiger partial charge is 0.392 e. The SMILES string of the molecule is OCc1ccnc(Nc2nccc3nc(-c4c(Cl)cccc4Cl)sc23)c1. The smallest absolute Gasteiger partial charge is 0.151 e. The van der Waals surface area contributed by atoms with Crippen molar-refractivity contribution in [2.24, 2.45) is 0 Å². The molecule has 26 heavy (non-hydrogen) atoms. The Morgan fingerprint density at radius 1 is 1.04 bits per heavy atom. The minimum Gasteiger partial charge on any atom is -0.392 e. The zero-order valence-corrected chi connectivity index (χ0v) is 15.6. The number of anilines is 2. The van der Waals surface area contributed by atoms with Crippen molar-refractivity contribution in [2.45, 2.75) is 6.61 Å². The molecular weight excluding hydrogens is 391 g/mol. The molecule has 8 heteroatoms. The monoisotopic (exact) mass is 402 g/mol. The predicted octanol–water partition coefficient (Wildman–Crippen LogP) is 5.30. The van der Waals surface area contributed by atoms with Gasteiger partial charge >= 0.3 is 0 Å². The molecule has 4 rings (SSSR count). The third-order valence-electron chi connectivity index (χ3n) is 3.73. The number of nitrogens with zero attached hydrogens (tertiary/aromatic N) is 3. The van der Waals surface area contributed by atoms with Crippen molar-refractivity contribution in [1.82, 2.24) is 15.0 Å². The highest BCUT2D eigenvalue weighted by Gasteiger charge is 2.16. The normalized spacial score (nSPS) is 11.0. The molecule has 3 heterocycles. The summed E-state index contributed by atoms with van der Waals surface area (Å²) in [4.78, 5) is 13.3. The minimum absolute atomic E-state index is 0.0511. The van der Waals surface area contributed by atoms with Crippen LogP contribution in [-0.4, -0.2) is 20.1 Å². The van der Waals surface area contributed by atoms with E-state index in [1.54, 1.807) is 42.7 Å². The Kier molecular flexibility index (Phi) is 4.74. The van der Waals surface area contributed by atoms with Crippen molar-refractivity contribution in [3.05, 3.63) is 64.4 Å². The number of rotatable bonds is 4. The predicted molar refractivity (Wildman–Crippen MR) is 106 cm³/mol. The van der Waals surface area contributed by atoms with E-state index in [0.717, 1.165) is 20.8 Å². The van der Waals surface area contributed by atoms with Crippen molar-refractivity contribution >= 4 is 56.4 Å². The summed E-state index contributed by atoms with van der Waals surface area (Å²) in [6.07, 6.45) is 3.31. The van der Waals surface area contributed by atoms with Crippen LogP contribution in [0.2, 0.25) is 10.0 Å². The molecule has 0 aliphatic carbocycles.